The molecule has 1 aromatic rings. The zero-order valence-corrected chi connectivity index (χ0v) is 14.9. The summed E-state index contributed by atoms with van der Waals surface area (Å²) < 4.78 is 5.53. The van der Waals surface area contributed by atoms with E-state index in [2.05, 4.69) is 5.32 Å². The number of carbonyl (C=O) groups is 2. The molecule has 1 saturated carbocycles. The third kappa shape index (κ3) is 3.00. The summed E-state index contributed by atoms with van der Waals surface area (Å²) in [7, 11) is 0. The van der Waals surface area contributed by atoms with Crippen LogP contribution in [0.15, 0.2) is 24.3 Å². The summed E-state index contributed by atoms with van der Waals surface area (Å²) in [6.07, 6.45) is 2.91. The van der Waals surface area contributed by atoms with E-state index >= 15 is 0 Å². The van der Waals surface area contributed by atoms with Crippen molar-refractivity contribution in [2.24, 2.45) is 11.8 Å². The summed E-state index contributed by atoms with van der Waals surface area (Å²) in [5.74, 6) is 0.484. The maximum absolute atomic E-state index is 13.0. The molecule has 1 heterocycles. The summed E-state index contributed by atoms with van der Waals surface area (Å²) in [6, 6.07) is 5.32. The Balaban J connectivity index is 1.62. The number of rotatable bonds is 5. The normalized spacial score (nSPS) is 28.3. The molecule has 1 aliphatic carbocycles. The Labute approximate surface area is 151 Å². The molecule has 2 atom stereocenters. The summed E-state index contributed by atoms with van der Waals surface area (Å²) in [6.45, 7) is 4.31. The van der Waals surface area contributed by atoms with Gasteiger partial charge in [0.1, 0.15) is 17.9 Å². The number of hydrogen-bond acceptors (Lipinski definition) is 5. The fourth-order valence-corrected chi connectivity index (χ4v) is 4.07. The first-order valence-electron chi connectivity index (χ1n) is 8.87. The maximum atomic E-state index is 13.0. The Kier molecular flexibility index (Phi) is 4.84. The summed E-state index contributed by atoms with van der Waals surface area (Å²) in [5.41, 5.74) is -0.823. The quantitative estimate of drug-likeness (QED) is 0.493. The monoisotopic (exact) mass is 361 g/mol. The minimum atomic E-state index is -0.803. The van der Waals surface area contributed by atoms with Crippen LogP contribution in [0.25, 0.3) is 0 Å². The average molecular weight is 361 g/mol. The topological polar surface area (TPSA) is 102 Å². The molecule has 0 bridgehead atoms. The number of ether oxygens (including phenoxy) is 1. The van der Waals surface area contributed by atoms with Crippen LogP contribution < -0.4 is 10.1 Å². The van der Waals surface area contributed by atoms with Gasteiger partial charge in [-0.05, 0) is 36.8 Å². The average Bonchev–Trinajstić information content (AvgIpc) is 2.86. The van der Waals surface area contributed by atoms with Gasteiger partial charge in [0.25, 0.3) is 11.6 Å². The molecule has 8 heteroatoms. The van der Waals surface area contributed by atoms with E-state index in [1.165, 1.54) is 29.2 Å². The van der Waals surface area contributed by atoms with Gasteiger partial charge in [0.05, 0.1) is 11.5 Å². The SMILES string of the molecule is CC1CCCC(C)C12NC(=O)N(CCOc1ccc([N+](=O)[O-])cc1)C2=O. The molecule has 2 unspecified atom stereocenters. The van der Waals surface area contributed by atoms with Gasteiger partial charge < -0.3 is 10.1 Å². The summed E-state index contributed by atoms with van der Waals surface area (Å²) >= 11 is 0. The van der Waals surface area contributed by atoms with E-state index in [0.29, 0.717) is 5.75 Å². The molecule has 1 aromatic carbocycles. The van der Waals surface area contributed by atoms with Gasteiger partial charge in [-0.2, -0.15) is 0 Å². The molecule has 26 heavy (non-hydrogen) atoms. The lowest BCUT2D eigenvalue weighted by Crippen LogP contribution is -2.58. The predicted molar refractivity (Wildman–Crippen MR) is 93.7 cm³/mol. The summed E-state index contributed by atoms with van der Waals surface area (Å²) in [4.78, 5) is 36.8. The number of hydrogen-bond donors (Lipinski definition) is 1. The number of imide groups is 1. The van der Waals surface area contributed by atoms with Gasteiger partial charge in [-0.3, -0.25) is 19.8 Å². The van der Waals surface area contributed by atoms with Crippen molar-refractivity contribution < 1.29 is 19.2 Å². The van der Waals surface area contributed by atoms with E-state index in [4.69, 9.17) is 4.74 Å². The molecule has 2 aliphatic rings. The third-order valence-electron chi connectivity index (χ3n) is 5.62. The van der Waals surface area contributed by atoms with E-state index in [1.54, 1.807) is 0 Å². The van der Waals surface area contributed by atoms with Crippen molar-refractivity contribution in [2.75, 3.05) is 13.2 Å². The minimum absolute atomic E-state index is 0.0198. The number of benzene rings is 1. The molecule has 0 radical (unpaired) electrons. The molecular formula is C18H23N3O5. The van der Waals surface area contributed by atoms with Gasteiger partial charge in [0, 0.05) is 12.1 Å². The van der Waals surface area contributed by atoms with Gasteiger partial charge in [-0.1, -0.05) is 20.3 Å². The summed E-state index contributed by atoms with van der Waals surface area (Å²) in [5, 5.41) is 13.6. The van der Waals surface area contributed by atoms with Crippen molar-refractivity contribution in [1.29, 1.82) is 0 Å². The van der Waals surface area contributed by atoms with Crippen LogP contribution in [-0.4, -0.2) is 40.5 Å². The molecule has 140 valence electrons. The van der Waals surface area contributed by atoms with Crippen molar-refractivity contribution in [2.45, 2.75) is 38.6 Å². The fourth-order valence-electron chi connectivity index (χ4n) is 4.07. The zero-order chi connectivity index (χ0) is 18.9. The van der Waals surface area contributed by atoms with Crippen LogP contribution in [0.4, 0.5) is 10.5 Å². The lowest BCUT2D eigenvalue weighted by molar-refractivity contribution is -0.384. The second-order valence-corrected chi connectivity index (χ2v) is 7.09. The minimum Gasteiger partial charge on any atom is -0.492 e. The highest BCUT2D eigenvalue weighted by molar-refractivity contribution is 6.07. The lowest BCUT2D eigenvalue weighted by atomic mass is 9.67. The van der Waals surface area contributed by atoms with Crippen molar-refractivity contribution in [1.82, 2.24) is 10.2 Å². The first-order chi connectivity index (χ1) is 12.4. The third-order valence-corrected chi connectivity index (χ3v) is 5.62. The number of nitrogens with zero attached hydrogens (tertiary/aromatic N) is 2. The molecular weight excluding hydrogens is 338 g/mol. The van der Waals surface area contributed by atoms with Crippen molar-refractivity contribution >= 4 is 17.6 Å². The number of nitrogens with one attached hydrogen (secondary N) is 1. The molecule has 1 saturated heterocycles. The standard InChI is InChI=1S/C18H23N3O5/c1-12-4-3-5-13(2)18(12)16(22)20(17(23)19-18)10-11-26-15-8-6-14(7-9-15)21(24)25/h6-9,12-13H,3-5,10-11H2,1-2H3,(H,19,23). The van der Waals surface area contributed by atoms with Gasteiger partial charge in [0.2, 0.25) is 0 Å². The Morgan fingerprint density at radius 3 is 2.42 bits per heavy atom. The van der Waals surface area contributed by atoms with Gasteiger partial charge in [-0.15, -0.1) is 0 Å². The van der Waals surface area contributed by atoms with Crippen molar-refractivity contribution in [3.05, 3.63) is 34.4 Å². The number of nitro groups is 1. The lowest BCUT2D eigenvalue weighted by Gasteiger charge is -2.42. The van der Waals surface area contributed by atoms with Crippen LogP contribution in [0.3, 0.4) is 0 Å². The number of urea groups is 1. The Bertz CT molecular complexity index is 708. The first-order valence-corrected chi connectivity index (χ1v) is 8.87. The van der Waals surface area contributed by atoms with E-state index in [0.717, 1.165) is 19.3 Å². The van der Waals surface area contributed by atoms with Gasteiger partial charge in [0.15, 0.2) is 0 Å². The highest BCUT2D eigenvalue weighted by Crippen LogP contribution is 2.42. The molecule has 2 fully saturated rings. The van der Waals surface area contributed by atoms with E-state index in [1.807, 2.05) is 13.8 Å². The fraction of sp³-hybridized carbons (Fsp3) is 0.556. The van der Waals surface area contributed by atoms with Crippen LogP contribution in [0.2, 0.25) is 0 Å². The molecule has 8 nitrogen and oxygen atoms in total. The first kappa shape index (κ1) is 18.2. The Morgan fingerprint density at radius 1 is 1.23 bits per heavy atom. The van der Waals surface area contributed by atoms with Crippen LogP contribution in [-0.2, 0) is 4.79 Å². The highest BCUT2D eigenvalue weighted by Gasteiger charge is 2.58. The highest BCUT2D eigenvalue weighted by atomic mass is 16.6. The van der Waals surface area contributed by atoms with E-state index in [9.17, 15) is 19.7 Å². The number of amides is 3. The van der Waals surface area contributed by atoms with Crippen LogP contribution in [0.5, 0.6) is 5.75 Å². The Hall–Kier alpha value is -2.64. The van der Waals surface area contributed by atoms with Crippen LogP contribution in [0.1, 0.15) is 33.1 Å². The number of non-ortho nitro benzene ring substituents is 1. The maximum Gasteiger partial charge on any atom is 0.325 e. The zero-order valence-electron chi connectivity index (χ0n) is 14.9. The molecule has 3 amide bonds. The van der Waals surface area contributed by atoms with Crippen LogP contribution >= 0.6 is 0 Å². The van der Waals surface area contributed by atoms with Gasteiger partial charge >= 0.3 is 6.03 Å². The predicted octanol–water partition coefficient (Wildman–Crippen LogP) is 2.72. The number of nitro benzene ring substituents is 1. The molecule has 1 aliphatic heterocycles. The smallest absolute Gasteiger partial charge is 0.325 e. The van der Waals surface area contributed by atoms with E-state index in [-0.39, 0.29) is 42.6 Å². The second kappa shape index (κ2) is 6.93. The van der Waals surface area contributed by atoms with E-state index < -0.39 is 10.5 Å². The largest absolute Gasteiger partial charge is 0.492 e. The van der Waals surface area contributed by atoms with Crippen molar-refractivity contribution in [3.8, 4) is 5.75 Å². The van der Waals surface area contributed by atoms with Gasteiger partial charge in [-0.25, -0.2) is 4.79 Å². The number of carbonyl (C=O) groups excluding carboxylic acids is 2. The molecule has 0 aromatic heterocycles. The van der Waals surface area contributed by atoms with Crippen LogP contribution in [0, 0.1) is 22.0 Å². The Morgan fingerprint density at radius 2 is 1.85 bits per heavy atom. The molecule has 1 spiro atoms. The molecule has 3 rings (SSSR count). The van der Waals surface area contributed by atoms with Crippen molar-refractivity contribution in [3.63, 3.8) is 0 Å². The molecule has 1 N–H and O–H groups in total. The second-order valence-electron chi connectivity index (χ2n) is 7.09.